The minimum Gasteiger partial charge on any atom is -0.469 e. The molecule has 1 rings (SSSR count). The molecule has 0 spiro atoms. The predicted octanol–water partition coefficient (Wildman–Crippen LogP) is 0.379. The molecule has 106 valence electrons. The summed E-state index contributed by atoms with van der Waals surface area (Å²) in [6.07, 6.45) is 1.04. The summed E-state index contributed by atoms with van der Waals surface area (Å²) in [6, 6.07) is -0.104. The molecule has 1 saturated heterocycles. The lowest BCUT2D eigenvalue weighted by Gasteiger charge is -2.25. The fourth-order valence-electron chi connectivity index (χ4n) is 2.05. The van der Waals surface area contributed by atoms with Crippen LogP contribution in [0.1, 0.15) is 26.2 Å². The molecule has 6 nitrogen and oxygen atoms in total. The van der Waals surface area contributed by atoms with Crippen LogP contribution in [0, 0.1) is 0 Å². The van der Waals surface area contributed by atoms with Gasteiger partial charge in [-0.3, -0.25) is 4.79 Å². The Morgan fingerprint density at radius 1 is 1.50 bits per heavy atom. The molecule has 0 bridgehead atoms. The van der Waals surface area contributed by atoms with Crippen molar-refractivity contribution >= 4 is 16.0 Å². The highest BCUT2D eigenvalue weighted by Gasteiger charge is 2.34. The lowest BCUT2D eigenvalue weighted by atomic mass is 10.2. The van der Waals surface area contributed by atoms with Crippen LogP contribution in [0.25, 0.3) is 0 Å². The summed E-state index contributed by atoms with van der Waals surface area (Å²) in [4.78, 5) is 10.9. The second kappa shape index (κ2) is 6.49. The van der Waals surface area contributed by atoms with Crippen molar-refractivity contribution in [3.63, 3.8) is 0 Å². The maximum Gasteiger partial charge on any atom is 0.305 e. The van der Waals surface area contributed by atoms with E-state index >= 15 is 0 Å². The van der Waals surface area contributed by atoms with E-state index in [9.17, 15) is 13.2 Å². The lowest BCUT2D eigenvalue weighted by molar-refractivity contribution is -0.140. The first-order valence-electron chi connectivity index (χ1n) is 6.02. The molecular formula is C11H21NO5S. The molecule has 0 aliphatic carbocycles. The molecule has 0 radical (unpaired) electrons. The van der Waals surface area contributed by atoms with Crippen molar-refractivity contribution in [2.75, 3.05) is 26.5 Å². The van der Waals surface area contributed by atoms with Gasteiger partial charge in [0.05, 0.1) is 25.0 Å². The largest absolute Gasteiger partial charge is 0.469 e. The summed E-state index contributed by atoms with van der Waals surface area (Å²) in [6.45, 7) is 2.46. The highest BCUT2D eigenvalue weighted by atomic mass is 32.2. The molecule has 0 amide bonds. The van der Waals surface area contributed by atoms with E-state index in [-0.39, 0.29) is 36.7 Å². The summed E-state index contributed by atoms with van der Waals surface area (Å²) in [5.74, 6) is -0.424. The van der Waals surface area contributed by atoms with Gasteiger partial charge < -0.3 is 9.47 Å². The normalized spacial score (nSPS) is 24.4. The third-order valence-electron chi connectivity index (χ3n) is 3.25. The van der Waals surface area contributed by atoms with Crippen LogP contribution in [-0.4, -0.2) is 57.4 Å². The molecule has 1 fully saturated rings. The van der Waals surface area contributed by atoms with Crippen LogP contribution in [-0.2, 0) is 24.3 Å². The first-order valence-corrected chi connectivity index (χ1v) is 7.63. The highest BCUT2D eigenvalue weighted by molar-refractivity contribution is 7.89. The zero-order chi connectivity index (χ0) is 13.8. The zero-order valence-electron chi connectivity index (χ0n) is 11.1. The number of hydrogen-bond donors (Lipinski definition) is 0. The molecule has 7 heteroatoms. The number of nitrogens with zero attached hydrogens (tertiary/aromatic N) is 1. The van der Waals surface area contributed by atoms with Gasteiger partial charge in [0.2, 0.25) is 10.0 Å². The van der Waals surface area contributed by atoms with Crippen molar-refractivity contribution in [3.8, 4) is 0 Å². The number of carbonyl (C=O) groups is 1. The second-order valence-electron chi connectivity index (χ2n) is 4.44. The van der Waals surface area contributed by atoms with Gasteiger partial charge in [-0.25, -0.2) is 8.42 Å². The number of sulfonamides is 1. The molecule has 1 aliphatic heterocycles. The average molecular weight is 279 g/mol. The summed E-state index contributed by atoms with van der Waals surface area (Å²) >= 11 is 0. The van der Waals surface area contributed by atoms with Gasteiger partial charge in [-0.1, -0.05) is 0 Å². The molecule has 1 aliphatic rings. The molecule has 18 heavy (non-hydrogen) atoms. The Balaban J connectivity index is 2.49. The van der Waals surface area contributed by atoms with Crippen molar-refractivity contribution in [2.45, 2.75) is 38.3 Å². The minimum atomic E-state index is -3.33. The number of esters is 1. The molecule has 1 heterocycles. The Morgan fingerprint density at radius 2 is 2.17 bits per heavy atom. The Morgan fingerprint density at radius 3 is 2.67 bits per heavy atom. The molecule has 0 saturated carbocycles. The summed E-state index contributed by atoms with van der Waals surface area (Å²) in [7, 11) is -0.470. The van der Waals surface area contributed by atoms with E-state index in [1.54, 1.807) is 7.05 Å². The van der Waals surface area contributed by atoms with E-state index in [2.05, 4.69) is 4.74 Å². The maximum atomic E-state index is 12.1. The van der Waals surface area contributed by atoms with Gasteiger partial charge in [-0.2, -0.15) is 4.31 Å². The van der Waals surface area contributed by atoms with Crippen molar-refractivity contribution < 1.29 is 22.7 Å². The van der Waals surface area contributed by atoms with Gasteiger partial charge in [0.15, 0.2) is 0 Å². The fraction of sp³-hybridized carbons (Fsp3) is 0.909. The summed E-state index contributed by atoms with van der Waals surface area (Å²) in [5.41, 5.74) is 0. The molecule has 0 aromatic carbocycles. The maximum absolute atomic E-state index is 12.1. The Bertz CT molecular complexity index is 381. The van der Waals surface area contributed by atoms with E-state index in [0.717, 1.165) is 0 Å². The number of hydrogen-bond acceptors (Lipinski definition) is 5. The van der Waals surface area contributed by atoms with Gasteiger partial charge in [0, 0.05) is 20.1 Å². The number of ether oxygens (including phenoxy) is 2. The first-order chi connectivity index (χ1) is 8.38. The Hall–Kier alpha value is -0.660. The molecule has 0 aromatic heterocycles. The van der Waals surface area contributed by atoms with Gasteiger partial charge in [-0.15, -0.1) is 0 Å². The van der Waals surface area contributed by atoms with Gasteiger partial charge >= 0.3 is 5.97 Å². The van der Waals surface area contributed by atoms with Crippen molar-refractivity contribution in [3.05, 3.63) is 0 Å². The monoisotopic (exact) mass is 279 g/mol. The smallest absolute Gasteiger partial charge is 0.305 e. The molecule has 2 atom stereocenters. The van der Waals surface area contributed by atoms with Crippen LogP contribution < -0.4 is 0 Å². The van der Waals surface area contributed by atoms with Crippen LogP contribution in [0.3, 0.4) is 0 Å². The minimum absolute atomic E-state index is 0.0399. The van der Waals surface area contributed by atoms with E-state index < -0.39 is 10.0 Å². The fourth-order valence-corrected chi connectivity index (χ4v) is 3.54. The van der Waals surface area contributed by atoms with Crippen molar-refractivity contribution in [1.29, 1.82) is 0 Å². The lowest BCUT2D eigenvalue weighted by Crippen LogP contribution is -2.42. The SMILES string of the molecule is COC(=O)CCCS(=O)(=O)N(C)C1CCOC1C. The molecule has 2 unspecified atom stereocenters. The molecule has 0 aromatic rings. The van der Waals surface area contributed by atoms with E-state index in [4.69, 9.17) is 4.74 Å². The van der Waals surface area contributed by atoms with E-state index in [0.29, 0.717) is 13.0 Å². The van der Waals surface area contributed by atoms with Crippen LogP contribution in [0.15, 0.2) is 0 Å². The summed E-state index contributed by atoms with van der Waals surface area (Å²) in [5, 5.41) is 0. The molecular weight excluding hydrogens is 258 g/mol. The Kier molecular flexibility index (Phi) is 5.55. The topological polar surface area (TPSA) is 72.9 Å². The van der Waals surface area contributed by atoms with E-state index in [1.807, 2.05) is 6.92 Å². The Labute approximate surface area is 108 Å². The zero-order valence-corrected chi connectivity index (χ0v) is 11.9. The number of carbonyl (C=O) groups excluding carboxylic acids is 1. The quantitative estimate of drug-likeness (QED) is 0.657. The van der Waals surface area contributed by atoms with Gasteiger partial charge in [0.25, 0.3) is 0 Å². The van der Waals surface area contributed by atoms with Crippen molar-refractivity contribution in [1.82, 2.24) is 4.31 Å². The van der Waals surface area contributed by atoms with Crippen molar-refractivity contribution in [2.24, 2.45) is 0 Å². The van der Waals surface area contributed by atoms with Crippen LogP contribution in [0.4, 0.5) is 0 Å². The van der Waals surface area contributed by atoms with Gasteiger partial charge in [0.1, 0.15) is 0 Å². The third kappa shape index (κ3) is 3.93. The van der Waals surface area contributed by atoms with Crippen LogP contribution in [0.2, 0.25) is 0 Å². The second-order valence-corrected chi connectivity index (χ2v) is 6.59. The third-order valence-corrected chi connectivity index (χ3v) is 5.21. The summed E-state index contributed by atoms with van der Waals surface area (Å²) < 4.78 is 35.3. The predicted molar refractivity (Wildman–Crippen MR) is 66.6 cm³/mol. The average Bonchev–Trinajstić information content (AvgIpc) is 2.73. The number of likely N-dealkylation sites (N-methyl/N-ethyl adjacent to an activating group) is 1. The van der Waals surface area contributed by atoms with Crippen LogP contribution >= 0.6 is 0 Å². The standard InChI is InChI=1S/C11H21NO5S/c1-9-10(6-7-17-9)12(2)18(14,15)8-4-5-11(13)16-3/h9-10H,4-8H2,1-3H3. The van der Waals surface area contributed by atoms with Crippen LogP contribution in [0.5, 0.6) is 0 Å². The van der Waals surface area contributed by atoms with E-state index in [1.165, 1.54) is 11.4 Å². The number of rotatable bonds is 6. The molecule has 0 N–H and O–H groups in total. The van der Waals surface area contributed by atoms with Gasteiger partial charge in [-0.05, 0) is 19.8 Å². The number of methoxy groups -OCH3 is 1. The highest BCUT2D eigenvalue weighted by Crippen LogP contribution is 2.21. The first kappa shape index (κ1) is 15.4.